The topological polar surface area (TPSA) is 125 Å². The fourth-order valence-electron chi connectivity index (χ4n) is 3.95. The molecule has 1 fully saturated rings. The average Bonchev–Trinajstić information content (AvgIpc) is 2.86. The highest BCUT2D eigenvalue weighted by Gasteiger charge is 2.30. The molecule has 0 radical (unpaired) electrons. The van der Waals surface area contributed by atoms with Gasteiger partial charge in [0, 0.05) is 24.8 Å². The van der Waals surface area contributed by atoms with Gasteiger partial charge in [0.1, 0.15) is 5.56 Å². The van der Waals surface area contributed by atoms with Crippen LogP contribution in [0.2, 0.25) is 0 Å². The first-order chi connectivity index (χ1) is 16.7. The molecule has 2 aromatic rings. The van der Waals surface area contributed by atoms with Crippen molar-refractivity contribution in [3.8, 4) is 11.8 Å². The van der Waals surface area contributed by atoms with E-state index in [-0.39, 0.29) is 34.1 Å². The number of nitrogens with one attached hydrogen (secondary N) is 1. The molecule has 1 N–H and O–H groups in total. The molecule has 0 atom stereocenters. The van der Waals surface area contributed by atoms with E-state index in [1.165, 1.54) is 19.2 Å². The van der Waals surface area contributed by atoms with Crippen molar-refractivity contribution < 1.29 is 27.6 Å². The zero-order chi connectivity index (χ0) is 25.4. The van der Waals surface area contributed by atoms with Crippen molar-refractivity contribution in [2.45, 2.75) is 43.0 Å². The Morgan fingerprint density at radius 2 is 1.77 bits per heavy atom. The van der Waals surface area contributed by atoms with Gasteiger partial charge in [0.05, 0.1) is 29.5 Å². The molecule has 0 aliphatic heterocycles. The second-order valence-corrected chi connectivity index (χ2v) is 10.0. The van der Waals surface area contributed by atoms with Crippen LogP contribution in [0.25, 0.3) is 0 Å². The number of rotatable bonds is 8. The van der Waals surface area contributed by atoms with Crippen molar-refractivity contribution in [1.82, 2.24) is 4.72 Å². The molecular weight excluding hydrogens is 472 g/mol. The lowest BCUT2D eigenvalue weighted by molar-refractivity contribution is -0.385. The molecule has 0 aromatic heterocycles. The molecule has 1 aliphatic rings. The van der Waals surface area contributed by atoms with Gasteiger partial charge in [-0.3, -0.25) is 14.9 Å². The van der Waals surface area contributed by atoms with Crippen LogP contribution >= 0.6 is 0 Å². The summed E-state index contributed by atoms with van der Waals surface area (Å²) in [6.45, 7) is 0.607. The van der Waals surface area contributed by atoms with E-state index in [2.05, 4.69) is 16.6 Å². The summed E-state index contributed by atoms with van der Waals surface area (Å²) in [7, 11) is -1.02. The van der Waals surface area contributed by atoms with E-state index in [0.29, 0.717) is 37.9 Å². The quantitative estimate of drug-likeness (QED) is 0.255. The molecule has 1 aliphatic carbocycles. The second kappa shape index (κ2) is 11.9. The van der Waals surface area contributed by atoms with Crippen LogP contribution in [-0.4, -0.2) is 46.2 Å². The smallest absolute Gasteiger partial charge is 0.308 e. The summed E-state index contributed by atoms with van der Waals surface area (Å²) in [4.78, 5) is 22.5. The number of nitrogens with zero attached hydrogens (tertiary/aromatic N) is 1. The monoisotopic (exact) mass is 500 g/mol. The van der Waals surface area contributed by atoms with Crippen LogP contribution in [-0.2, 0) is 30.7 Å². The van der Waals surface area contributed by atoms with E-state index in [1.54, 1.807) is 7.11 Å². The largest absolute Gasteiger partial charge is 0.469 e. The zero-order valence-corrected chi connectivity index (χ0v) is 20.5. The van der Waals surface area contributed by atoms with Crippen LogP contribution in [0.1, 0.15) is 42.4 Å². The molecule has 10 heteroatoms. The highest BCUT2D eigenvalue weighted by molar-refractivity contribution is 7.89. The summed E-state index contributed by atoms with van der Waals surface area (Å²) in [6, 6.07) is 10.8. The molecule has 0 bridgehead atoms. The lowest BCUT2D eigenvalue weighted by Crippen LogP contribution is -2.38. The standard InChI is InChI=1S/C25H28N2O7S/c1-33-16-15-19-5-3-18(4-6-19)7-8-20-11-14-23(17-24(20)27(29)30)35(31,32)26-22-12-9-21(10-13-22)25(28)34-2/h3-6,11,14,17,21-22,26H,9-10,12-13,15-16H2,1-2H3/t21-,22-. The second-order valence-electron chi connectivity index (χ2n) is 8.32. The van der Waals surface area contributed by atoms with Gasteiger partial charge >= 0.3 is 5.97 Å². The summed E-state index contributed by atoms with van der Waals surface area (Å²) in [6.07, 6.45) is 2.76. The molecule has 0 saturated heterocycles. The Morgan fingerprint density at radius 1 is 1.09 bits per heavy atom. The summed E-state index contributed by atoms with van der Waals surface area (Å²) >= 11 is 0. The van der Waals surface area contributed by atoms with E-state index < -0.39 is 14.9 Å². The van der Waals surface area contributed by atoms with Gasteiger partial charge in [0.25, 0.3) is 5.69 Å². The number of benzene rings is 2. The molecule has 0 spiro atoms. The van der Waals surface area contributed by atoms with Crippen LogP contribution in [0.3, 0.4) is 0 Å². The Hall–Kier alpha value is -3.26. The number of hydrogen-bond donors (Lipinski definition) is 1. The highest BCUT2D eigenvalue weighted by Crippen LogP contribution is 2.28. The number of sulfonamides is 1. The molecule has 3 rings (SSSR count). The van der Waals surface area contributed by atoms with E-state index in [9.17, 15) is 23.3 Å². The maximum atomic E-state index is 12.9. The maximum Gasteiger partial charge on any atom is 0.308 e. The fourth-order valence-corrected chi connectivity index (χ4v) is 5.28. The number of esters is 1. The van der Waals surface area contributed by atoms with Crippen molar-refractivity contribution in [3.63, 3.8) is 0 Å². The van der Waals surface area contributed by atoms with Gasteiger partial charge in [-0.15, -0.1) is 0 Å². The predicted molar refractivity (Wildman–Crippen MR) is 129 cm³/mol. The van der Waals surface area contributed by atoms with Gasteiger partial charge in [-0.2, -0.15) is 0 Å². The molecule has 9 nitrogen and oxygen atoms in total. The maximum absolute atomic E-state index is 12.9. The first-order valence-corrected chi connectivity index (χ1v) is 12.7. The number of ether oxygens (including phenoxy) is 2. The van der Waals surface area contributed by atoms with Gasteiger partial charge in [-0.05, 0) is 61.9 Å². The number of carbonyl (C=O) groups excluding carboxylic acids is 1. The molecule has 1 saturated carbocycles. The Morgan fingerprint density at radius 3 is 2.37 bits per heavy atom. The number of methoxy groups -OCH3 is 2. The summed E-state index contributed by atoms with van der Waals surface area (Å²) < 4.78 is 38.2. The van der Waals surface area contributed by atoms with E-state index in [4.69, 9.17) is 9.47 Å². The number of nitro groups is 1. The molecule has 0 amide bonds. The Kier molecular flexibility index (Phi) is 8.98. The summed E-state index contributed by atoms with van der Waals surface area (Å²) in [5.74, 6) is 5.15. The van der Waals surface area contributed by atoms with Crippen molar-refractivity contribution >= 4 is 21.7 Å². The van der Waals surface area contributed by atoms with E-state index in [1.807, 2.05) is 24.3 Å². The third-order valence-electron chi connectivity index (χ3n) is 5.95. The first kappa shape index (κ1) is 26.3. The minimum absolute atomic E-state index is 0.121. The van der Waals surface area contributed by atoms with Crippen LogP contribution in [0.5, 0.6) is 0 Å². The normalized spacial score (nSPS) is 17.8. The van der Waals surface area contributed by atoms with Gasteiger partial charge in [-0.25, -0.2) is 13.1 Å². The Labute approximate surface area is 205 Å². The molecule has 186 valence electrons. The van der Waals surface area contributed by atoms with Crippen molar-refractivity contribution in [3.05, 3.63) is 69.3 Å². The predicted octanol–water partition coefficient (Wildman–Crippen LogP) is 3.19. The number of nitro benzene ring substituents is 1. The minimum atomic E-state index is -3.98. The molecular formula is C25H28N2O7S. The van der Waals surface area contributed by atoms with Crippen molar-refractivity contribution in [2.24, 2.45) is 5.92 Å². The third-order valence-corrected chi connectivity index (χ3v) is 7.47. The Balaban J connectivity index is 1.74. The van der Waals surface area contributed by atoms with Crippen LogP contribution in [0.15, 0.2) is 47.4 Å². The van der Waals surface area contributed by atoms with Crippen LogP contribution in [0.4, 0.5) is 5.69 Å². The number of hydrogen-bond acceptors (Lipinski definition) is 7. The zero-order valence-electron chi connectivity index (χ0n) is 19.7. The van der Waals surface area contributed by atoms with E-state index in [0.717, 1.165) is 18.1 Å². The van der Waals surface area contributed by atoms with E-state index >= 15 is 0 Å². The van der Waals surface area contributed by atoms with Crippen molar-refractivity contribution in [1.29, 1.82) is 0 Å². The highest BCUT2D eigenvalue weighted by atomic mass is 32.2. The van der Waals surface area contributed by atoms with Gasteiger partial charge < -0.3 is 9.47 Å². The van der Waals surface area contributed by atoms with Gasteiger partial charge in [0.2, 0.25) is 10.0 Å². The fraction of sp³-hybridized carbons (Fsp3) is 0.400. The van der Waals surface area contributed by atoms with Crippen LogP contribution < -0.4 is 4.72 Å². The Bertz CT molecular complexity index is 1220. The lowest BCUT2D eigenvalue weighted by atomic mass is 9.86. The summed E-state index contributed by atoms with van der Waals surface area (Å²) in [5, 5.41) is 11.6. The number of carbonyl (C=O) groups is 1. The van der Waals surface area contributed by atoms with Crippen LogP contribution in [0, 0.1) is 27.9 Å². The minimum Gasteiger partial charge on any atom is -0.469 e. The molecule has 0 unspecified atom stereocenters. The van der Waals surface area contributed by atoms with Gasteiger partial charge in [0.15, 0.2) is 0 Å². The third kappa shape index (κ3) is 7.11. The molecule has 0 heterocycles. The molecule has 2 aromatic carbocycles. The van der Waals surface area contributed by atoms with Crippen molar-refractivity contribution in [2.75, 3.05) is 20.8 Å². The SMILES string of the molecule is COCCc1ccc(C#Cc2ccc(S(=O)(=O)N[C@H]3CC[C@H](C(=O)OC)CC3)cc2[N+](=O)[O-])cc1. The summed E-state index contributed by atoms with van der Waals surface area (Å²) in [5.41, 5.74) is 1.51. The van der Waals surface area contributed by atoms with Gasteiger partial charge in [-0.1, -0.05) is 24.0 Å². The molecule has 35 heavy (non-hydrogen) atoms. The average molecular weight is 501 g/mol. The first-order valence-electron chi connectivity index (χ1n) is 11.2. The lowest BCUT2D eigenvalue weighted by Gasteiger charge is -2.27.